The SMILES string of the molecule is COC(=O)C1CCCC1S(=O)(=O)NCc1cc(Br)cs1. The molecule has 5 nitrogen and oxygen atoms in total. The lowest BCUT2D eigenvalue weighted by molar-refractivity contribution is -0.145. The highest BCUT2D eigenvalue weighted by atomic mass is 79.9. The second-order valence-corrected chi connectivity index (χ2v) is 8.59. The molecule has 0 saturated heterocycles. The van der Waals surface area contributed by atoms with Crippen LogP contribution in [0.3, 0.4) is 0 Å². The smallest absolute Gasteiger partial charge is 0.310 e. The molecular formula is C12H16BrNO4S2. The number of carbonyl (C=O) groups is 1. The van der Waals surface area contributed by atoms with Crippen molar-refractivity contribution in [3.63, 3.8) is 0 Å². The molecule has 0 bridgehead atoms. The van der Waals surface area contributed by atoms with Crippen molar-refractivity contribution < 1.29 is 17.9 Å². The van der Waals surface area contributed by atoms with Crippen LogP contribution < -0.4 is 4.72 Å². The molecule has 1 saturated carbocycles. The number of thiophene rings is 1. The lowest BCUT2D eigenvalue weighted by atomic mass is 10.1. The Hall–Kier alpha value is -0.440. The lowest BCUT2D eigenvalue weighted by Gasteiger charge is -2.18. The molecule has 0 spiro atoms. The van der Waals surface area contributed by atoms with Gasteiger partial charge < -0.3 is 4.74 Å². The average molecular weight is 382 g/mol. The van der Waals surface area contributed by atoms with Crippen molar-refractivity contribution in [3.8, 4) is 0 Å². The minimum absolute atomic E-state index is 0.253. The summed E-state index contributed by atoms with van der Waals surface area (Å²) in [6.07, 6.45) is 1.81. The van der Waals surface area contributed by atoms with Crippen molar-refractivity contribution in [1.29, 1.82) is 0 Å². The molecule has 2 rings (SSSR count). The van der Waals surface area contributed by atoms with Crippen LogP contribution in [-0.2, 0) is 26.1 Å². The molecule has 1 N–H and O–H groups in total. The maximum atomic E-state index is 12.3. The number of hydrogen-bond acceptors (Lipinski definition) is 5. The van der Waals surface area contributed by atoms with Crippen molar-refractivity contribution in [2.75, 3.05) is 7.11 Å². The fourth-order valence-corrected chi connectivity index (χ4v) is 5.65. The third kappa shape index (κ3) is 3.60. The Morgan fingerprint density at radius 3 is 2.90 bits per heavy atom. The highest BCUT2D eigenvalue weighted by Crippen LogP contribution is 2.32. The molecule has 1 heterocycles. The van der Waals surface area contributed by atoms with E-state index in [4.69, 9.17) is 4.74 Å². The third-order valence-electron chi connectivity index (χ3n) is 3.42. The molecule has 2 unspecified atom stereocenters. The number of halogens is 1. The molecule has 2 atom stereocenters. The van der Waals surface area contributed by atoms with E-state index >= 15 is 0 Å². The summed E-state index contributed by atoms with van der Waals surface area (Å²) in [6, 6.07) is 1.87. The van der Waals surface area contributed by atoms with Crippen molar-refractivity contribution in [2.24, 2.45) is 5.92 Å². The molecule has 1 fully saturated rings. The van der Waals surface area contributed by atoms with E-state index in [0.717, 1.165) is 15.8 Å². The predicted molar refractivity (Wildman–Crippen MR) is 80.9 cm³/mol. The Morgan fingerprint density at radius 2 is 2.30 bits per heavy atom. The number of ether oxygens (including phenoxy) is 1. The summed E-state index contributed by atoms with van der Waals surface area (Å²) in [7, 11) is -2.22. The summed E-state index contributed by atoms with van der Waals surface area (Å²) in [5.41, 5.74) is 0. The van der Waals surface area contributed by atoms with Gasteiger partial charge in [0.1, 0.15) is 0 Å². The van der Waals surface area contributed by atoms with Crippen molar-refractivity contribution >= 4 is 43.3 Å². The van der Waals surface area contributed by atoms with Gasteiger partial charge in [0.05, 0.1) is 18.3 Å². The minimum atomic E-state index is -3.51. The molecule has 0 aliphatic heterocycles. The summed E-state index contributed by atoms with van der Waals surface area (Å²) in [5.74, 6) is -0.982. The minimum Gasteiger partial charge on any atom is -0.469 e. The third-order valence-corrected chi connectivity index (χ3v) is 7.03. The zero-order valence-corrected chi connectivity index (χ0v) is 14.2. The number of carbonyl (C=O) groups excluding carboxylic acids is 1. The molecule has 8 heteroatoms. The monoisotopic (exact) mass is 381 g/mol. The van der Waals surface area contributed by atoms with E-state index in [1.54, 1.807) is 0 Å². The van der Waals surface area contributed by atoms with Gasteiger partial charge in [-0.1, -0.05) is 6.42 Å². The molecule has 0 radical (unpaired) electrons. The maximum Gasteiger partial charge on any atom is 0.310 e. The second-order valence-electron chi connectivity index (χ2n) is 4.70. The van der Waals surface area contributed by atoms with Crippen molar-refractivity contribution in [3.05, 3.63) is 20.8 Å². The van der Waals surface area contributed by atoms with Gasteiger partial charge in [0.15, 0.2) is 0 Å². The first kappa shape index (κ1) is 15.9. The van der Waals surface area contributed by atoms with E-state index in [1.807, 2.05) is 11.4 Å². The number of nitrogens with one attached hydrogen (secondary N) is 1. The molecule has 0 amide bonds. The van der Waals surface area contributed by atoms with Gasteiger partial charge in [-0.05, 0) is 34.8 Å². The topological polar surface area (TPSA) is 72.5 Å². The van der Waals surface area contributed by atoms with Crippen LogP contribution in [0.15, 0.2) is 15.9 Å². The largest absolute Gasteiger partial charge is 0.469 e. The lowest BCUT2D eigenvalue weighted by Crippen LogP contribution is -2.39. The molecule has 1 aliphatic rings. The van der Waals surface area contributed by atoms with Gasteiger partial charge in [-0.15, -0.1) is 11.3 Å². The fourth-order valence-electron chi connectivity index (χ4n) is 2.44. The van der Waals surface area contributed by atoms with E-state index in [0.29, 0.717) is 12.8 Å². The van der Waals surface area contributed by atoms with Gasteiger partial charge in [0, 0.05) is 21.3 Å². The number of esters is 1. The first-order valence-electron chi connectivity index (χ1n) is 6.23. The summed E-state index contributed by atoms with van der Waals surface area (Å²) in [4.78, 5) is 12.6. The molecular weight excluding hydrogens is 366 g/mol. The molecule has 1 aliphatic carbocycles. The molecule has 20 heavy (non-hydrogen) atoms. The first-order chi connectivity index (χ1) is 9.44. The van der Waals surface area contributed by atoms with Gasteiger partial charge in [-0.3, -0.25) is 4.79 Å². The first-order valence-corrected chi connectivity index (χ1v) is 9.45. The molecule has 1 aromatic rings. The highest BCUT2D eigenvalue weighted by Gasteiger charge is 2.42. The summed E-state index contributed by atoms with van der Waals surface area (Å²) < 4.78 is 32.9. The highest BCUT2D eigenvalue weighted by molar-refractivity contribution is 9.10. The number of sulfonamides is 1. The van der Waals surface area contributed by atoms with Crippen LogP contribution in [0, 0.1) is 5.92 Å². The summed E-state index contributed by atoms with van der Waals surface area (Å²) in [6.45, 7) is 0.253. The Morgan fingerprint density at radius 1 is 1.55 bits per heavy atom. The van der Waals surface area contributed by atoms with Crippen LogP contribution in [0.5, 0.6) is 0 Å². The molecule has 0 aromatic carbocycles. The zero-order chi connectivity index (χ0) is 14.8. The van der Waals surface area contributed by atoms with Crippen LogP contribution in [0.4, 0.5) is 0 Å². The average Bonchev–Trinajstić information content (AvgIpc) is 3.04. The van der Waals surface area contributed by atoms with Gasteiger partial charge >= 0.3 is 5.97 Å². The predicted octanol–water partition coefficient (Wildman–Crippen LogP) is 2.27. The normalized spacial score (nSPS) is 22.9. The Kier molecular flexibility index (Phi) is 5.22. The van der Waals surface area contributed by atoms with Crippen LogP contribution in [0.25, 0.3) is 0 Å². The number of methoxy groups -OCH3 is 1. The summed E-state index contributed by atoms with van der Waals surface area (Å²) >= 11 is 4.81. The fraction of sp³-hybridized carbons (Fsp3) is 0.583. The van der Waals surface area contributed by atoms with Gasteiger partial charge in [0.2, 0.25) is 10.0 Å². The molecule has 1 aromatic heterocycles. The number of rotatable bonds is 5. The number of hydrogen-bond donors (Lipinski definition) is 1. The van der Waals surface area contributed by atoms with E-state index in [2.05, 4.69) is 20.7 Å². The standard InChI is InChI=1S/C12H16BrNO4S2/c1-18-12(15)10-3-2-4-11(10)20(16,17)14-6-9-5-8(13)7-19-9/h5,7,10-11,14H,2-4,6H2,1H3. The second kappa shape index (κ2) is 6.55. The van der Waals surface area contributed by atoms with Crippen LogP contribution in [0.2, 0.25) is 0 Å². The van der Waals surface area contributed by atoms with Crippen molar-refractivity contribution in [1.82, 2.24) is 4.72 Å². The van der Waals surface area contributed by atoms with Gasteiger partial charge in [-0.2, -0.15) is 0 Å². The van der Waals surface area contributed by atoms with E-state index < -0.39 is 27.2 Å². The van der Waals surface area contributed by atoms with E-state index in [9.17, 15) is 13.2 Å². The maximum absolute atomic E-state index is 12.3. The molecule has 112 valence electrons. The van der Waals surface area contributed by atoms with Crippen LogP contribution >= 0.6 is 27.3 Å². The van der Waals surface area contributed by atoms with Gasteiger partial charge in [0.25, 0.3) is 0 Å². The van der Waals surface area contributed by atoms with Crippen LogP contribution in [0.1, 0.15) is 24.1 Å². The van der Waals surface area contributed by atoms with E-state index in [-0.39, 0.29) is 6.54 Å². The Balaban J connectivity index is 2.04. The van der Waals surface area contributed by atoms with Gasteiger partial charge in [-0.25, -0.2) is 13.1 Å². The zero-order valence-electron chi connectivity index (χ0n) is 11.0. The Bertz CT molecular complexity index is 584. The van der Waals surface area contributed by atoms with E-state index in [1.165, 1.54) is 18.4 Å². The quantitative estimate of drug-likeness (QED) is 0.793. The van der Waals surface area contributed by atoms with Crippen molar-refractivity contribution in [2.45, 2.75) is 31.1 Å². The summed E-state index contributed by atoms with van der Waals surface area (Å²) in [5, 5.41) is 1.22. The Labute approximate surface area is 130 Å². The van der Waals surface area contributed by atoms with Crippen LogP contribution in [-0.4, -0.2) is 26.7 Å².